The first-order valence-corrected chi connectivity index (χ1v) is 10.1. The monoisotopic (exact) mass is 398 g/mol. The average molecular weight is 399 g/mol. The molecule has 0 unspecified atom stereocenters. The molecule has 0 saturated heterocycles. The SMILES string of the molecule is COCCNC(=O)c1ccc(-n2nc(CC(C)C)c3c2CC(C)(C)CC3=O)nc1. The van der Waals surface area contributed by atoms with Gasteiger partial charge in [-0.1, -0.05) is 27.7 Å². The number of rotatable bonds is 7. The van der Waals surface area contributed by atoms with Gasteiger partial charge in [0, 0.05) is 26.3 Å². The summed E-state index contributed by atoms with van der Waals surface area (Å²) in [5.74, 6) is 0.985. The number of carbonyl (C=O) groups is 2. The highest BCUT2D eigenvalue weighted by atomic mass is 16.5. The molecule has 29 heavy (non-hydrogen) atoms. The number of aromatic nitrogens is 3. The first-order valence-electron chi connectivity index (χ1n) is 10.1. The molecule has 1 aliphatic rings. The molecule has 1 amide bonds. The lowest BCUT2D eigenvalue weighted by Crippen LogP contribution is -2.28. The predicted molar refractivity (Wildman–Crippen MR) is 111 cm³/mol. The first-order chi connectivity index (χ1) is 13.7. The van der Waals surface area contributed by atoms with Crippen molar-refractivity contribution in [3.63, 3.8) is 0 Å². The van der Waals surface area contributed by atoms with Gasteiger partial charge in [0.2, 0.25) is 0 Å². The number of fused-ring (bicyclic) bond motifs is 1. The van der Waals surface area contributed by atoms with Gasteiger partial charge in [0.15, 0.2) is 11.6 Å². The van der Waals surface area contributed by atoms with Crippen molar-refractivity contribution in [1.29, 1.82) is 0 Å². The van der Waals surface area contributed by atoms with E-state index in [4.69, 9.17) is 9.84 Å². The second kappa shape index (κ2) is 8.45. The Balaban J connectivity index is 1.94. The molecule has 1 N–H and O–H groups in total. The molecule has 0 aromatic carbocycles. The van der Waals surface area contributed by atoms with Crippen molar-refractivity contribution in [2.75, 3.05) is 20.3 Å². The summed E-state index contributed by atoms with van der Waals surface area (Å²) in [5.41, 5.74) is 2.90. The first kappa shape index (κ1) is 21.2. The maximum atomic E-state index is 12.9. The summed E-state index contributed by atoms with van der Waals surface area (Å²) in [6, 6.07) is 3.51. The van der Waals surface area contributed by atoms with Gasteiger partial charge in [0.05, 0.1) is 29.1 Å². The fraction of sp³-hybridized carbons (Fsp3) is 0.545. The molecule has 0 spiro atoms. The van der Waals surface area contributed by atoms with E-state index in [1.165, 1.54) is 0 Å². The van der Waals surface area contributed by atoms with Crippen molar-refractivity contribution in [3.8, 4) is 5.82 Å². The molecule has 2 aromatic rings. The third-order valence-corrected chi connectivity index (χ3v) is 5.04. The number of ketones is 1. The van der Waals surface area contributed by atoms with Crippen LogP contribution in [-0.4, -0.2) is 46.7 Å². The van der Waals surface area contributed by atoms with Crippen molar-refractivity contribution in [2.45, 2.75) is 47.0 Å². The van der Waals surface area contributed by atoms with E-state index in [9.17, 15) is 9.59 Å². The summed E-state index contributed by atoms with van der Waals surface area (Å²) >= 11 is 0. The summed E-state index contributed by atoms with van der Waals surface area (Å²) in [6.45, 7) is 9.36. The standard InChI is InChI=1S/C22H30N4O3/c1-14(2)10-16-20-17(11-22(3,4)12-18(20)27)26(25-16)19-7-6-15(13-24-19)21(28)23-8-9-29-5/h6-7,13-14H,8-12H2,1-5H3,(H,23,28). The average Bonchev–Trinajstić information content (AvgIpc) is 2.98. The number of pyridine rings is 1. The van der Waals surface area contributed by atoms with Crippen molar-refractivity contribution < 1.29 is 14.3 Å². The van der Waals surface area contributed by atoms with Crippen LogP contribution in [0.5, 0.6) is 0 Å². The minimum absolute atomic E-state index is 0.113. The Morgan fingerprint density at radius 3 is 2.69 bits per heavy atom. The van der Waals surface area contributed by atoms with Crippen LogP contribution in [0.15, 0.2) is 18.3 Å². The topological polar surface area (TPSA) is 86.1 Å². The minimum atomic E-state index is -0.194. The number of nitrogens with one attached hydrogen (secondary N) is 1. The fourth-order valence-corrected chi connectivity index (χ4v) is 3.76. The van der Waals surface area contributed by atoms with Crippen LogP contribution >= 0.6 is 0 Å². The summed E-state index contributed by atoms with van der Waals surface area (Å²) in [5, 5.41) is 7.55. The predicted octanol–water partition coefficient (Wildman–Crippen LogP) is 3.00. The summed E-state index contributed by atoms with van der Waals surface area (Å²) in [4.78, 5) is 29.5. The zero-order chi connectivity index (χ0) is 21.2. The number of nitrogens with zero attached hydrogens (tertiary/aromatic N) is 3. The Morgan fingerprint density at radius 1 is 1.31 bits per heavy atom. The van der Waals surface area contributed by atoms with Crippen molar-refractivity contribution in [2.24, 2.45) is 11.3 Å². The van der Waals surface area contributed by atoms with Gasteiger partial charge in [-0.3, -0.25) is 9.59 Å². The third kappa shape index (κ3) is 4.72. The van der Waals surface area contributed by atoms with Crippen LogP contribution in [0.2, 0.25) is 0 Å². The molecule has 0 radical (unpaired) electrons. The van der Waals surface area contributed by atoms with E-state index in [1.807, 2.05) is 0 Å². The van der Waals surface area contributed by atoms with E-state index in [0.29, 0.717) is 36.9 Å². The van der Waals surface area contributed by atoms with E-state index in [1.54, 1.807) is 30.1 Å². The quantitative estimate of drug-likeness (QED) is 0.725. The molecule has 0 saturated carbocycles. The molecular weight excluding hydrogens is 368 g/mol. The van der Waals surface area contributed by atoms with Crippen molar-refractivity contribution >= 4 is 11.7 Å². The molecule has 2 heterocycles. The highest BCUT2D eigenvalue weighted by Gasteiger charge is 2.36. The molecule has 7 heteroatoms. The molecule has 2 aromatic heterocycles. The van der Waals surface area contributed by atoms with Gasteiger partial charge in [-0.05, 0) is 36.3 Å². The summed E-state index contributed by atoms with van der Waals surface area (Å²) < 4.78 is 6.73. The van der Waals surface area contributed by atoms with Gasteiger partial charge in [-0.15, -0.1) is 0 Å². The van der Waals surface area contributed by atoms with E-state index >= 15 is 0 Å². The maximum Gasteiger partial charge on any atom is 0.252 e. The highest BCUT2D eigenvalue weighted by molar-refractivity contribution is 6.00. The second-order valence-corrected chi connectivity index (χ2v) is 8.87. The Kier molecular flexibility index (Phi) is 6.17. The number of carbonyl (C=O) groups excluding carboxylic acids is 2. The van der Waals surface area contributed by atoms with Gasteiger partial charge in [-0.25, -0.2) is 9.67 Å². The molecule has 3 rings (SSSR count). The van der Waals surface area contributed by atoms with E-state index < -0.39 is 0 Å². The Morgan fingerprint density at radius 2 is 2.07 bits per heavy atom. The van der Waals surface area contributed by atoms with Crippen molar-refractivity contribution in [3.05, 3.63) is 40.8 Å². The summed E-state index contributed by atoms with van der Waals surface area (Å²) in [6.07, 6.45) is 3.59. The molecule has 0 bridgehead atoms. The molecular formula is C22H30N4O3. The van der Waals surface area contributed by atoms with Crippen LogP contribution in [0.4, 0.5) is 0 Å². The lowest BCUT2D eigenvalue weighted by atomic mass is 9.75. The van der Waals surface area contributed by atoms with Crippen LogP contribution in [0.25, 0.3) is 5.82 Å². The number of Topliss-reactive ketones (excluding diaryl/α,β-unsaturated/α-hetero) is 1. The lowest BCUT2D eigenvalue weighted by Gasteiger charge is -2.29. The largest absolute Gasteiger partial charge is 0.383 e. The van der Waals surface area contributed by atoms with Gasteiger partial charge >= 0.3 is 0 Å². The number of methoxy groups -OCH3 is 1. The fourth-order valence-electron chi connectivity index (χ4n) is 3.76. The number of hydrogen-bond donors (Lipinski definition) is 1. The van der Waals surface area contributed by atoms with Gasteiger partial charge < -0.3 is 10.1 Å². The summed E-state index contributed by atoms with van der Waals surface area (Å²) in [7, 11) is 1.59. The van der Waals surface area contributed by atoms with Gasteiger partial charge in [-0.2, -0.15) is 5.10 Å². The Labute approximate surface area is 171 Å². The number of ether oxygens (including phenoxy) is 1. The molecule has 1 aliphatic carbocycles. The molecule has 7 nitrogen and oxygen atoms in total. The Bertz CT molecular complexity index is 898. The van der Waals surface area contributed by atoms with E-state index in [0.717, 1.165) is 29.8 Å². The normalized spacial score (nSPS) is 15.4. The minimum Gasteiger partial charge on any atom is -0.383 e. The van der Waals surface area contributed by atoms with Crippen LogP contribution in [0.1, 0.15) is 66.2 Å². The van der Waals surface area contributed by atoms with Crippen LogP contribution < -0.4 is 5.32 Å². The van der Waals surface area contributed by atoms with Crippen LogP contribution in [0.3, 0.4) is 0 Å². The Hall–Kier alpha value is -2.54. The number of amides is 1. The molecule has 0 fully saturated rings. The van der Waals surface area contributed by atoms with E-state index in [-0.39, 0.29) is 17.1 Å². The zero-order valence-electron chi connectivity index (χ0n) is 17.9. The lowest BCUT2D eigenvalue weighted by molar-refractivity contribution is 0.0907. The van der Waals surface area contributed by atoms with Crippen LogP contribution in [0, 0.1) is 11.3 Å². The number of hydrogen-bond acceptors (Lipinski definition) is 5. The molecule has 0 aliphatic heterocycles. The van der Waals surface area contributed by atoms with Gasteiger partial charge in [0.1, 0.15) is 0 Å². The smallest absolute Gasteiger partial charge is 0.252 e. The van der Waals surface area contributed by atoms with Gasteiger partial charge in [0.25, 0.3) is 5.91 Å². The van der Waals surface area contributed by atoms with E-state index in [2.05, 4.69) is 38.0 Å². The second-order valence-electron chi connectivity index (χ2n) is 8.87. The molecule has 0 atom stereocenters. The highest BCUT2D eigenvalue weighted by Crippen LogP contribution is 2.37. The van der Waals surface area contributed by atoms with Crippen molar-refractivity contribution in [1.82, 2.24) is 20.1 Å². The zero-order valence-corrected chi connectivity index (χ0v) is 17.9. The maximum absolute atomic E-state index is 12.9. The third-order valence-electron chi connectivity index (χ3n) is 5.04. The van der Waals surface area contributed by atoms with Crippen LogP contribution in [-0.2, 0) is 17.6 Å². The molecule has 156 valence electrons.